The number of hydrogen-bond acceptors (Lipinski definition) is 11. The Balaban J connectivity index is 0.725. The highest BCUT2D eigenvalue weighted by Crippen LogP contribution is 2.35. The Hall–Kier alpha value is -7.30. The van der Waals surface area contributed by atoms with Gasteiger partial charge in [-0.1, -0.05) is 29.7 Å². The van der Waals surface area contributed by atoms with E-state index in [0.29, 0.717) is 60.6 Å². The summed E-state index contributed by atoms with van der Waals surface area (Å²) in [5.74, 6) is 4.13. The maximum absolute atomic E-state index is 13.4. The summed E-state index contributed by atoms with van der Waals surface area (Å²) < 4.78 is 48.3. The third-order valence-electron chi connectivity index (χ3n) is 13.0. The zero-order valence-electron chi connectivity index (χ0n) is 37.9. The molecule has 3 saturated heterocycles. The SMILES string of the molecule is Cc1c(C#Cc2cnc3ccc(N4CCC(OC5CCN(C(=O)CCCNc6cccc7c6C(=O)N(C6CCC(=O)NC6=O)C7=O)CC5)CC4)nn23)cccc1C(=O)Nc1cc(Cl)cc(C(F)(F)F)c1. The van der Waals surface area contributed by atoms with Gasteiger partial charge in [0.2, 0.25) is 17.7 Å². The quantitative estimate of drug-likeness (QED) is 0.0733. The normalized spacial score (nSPS) is 17.9. The fourth-order valence-corrected chi connectivity index (χ4v) is 9.54. The molecule has 4 aliphatic heterocycles. The highest BCUT2D eigenvalue weighted by Gasteiger charge is 2.45. The van der Waals surface area contributed by atoms with Crippen LogP contribution in [0.2, 0.25) is 5.02 Å². The first-order valence-corrected chi connectivity index (χ1v) is 23.4. The summed E-state index contributed by atoms with van der Waals surface area (Å²) in [6, 6.07) is 15.5. The molecule has 1 atom stereocenters. The van der Waals surface area contributed by atoms with Gasteiger partial charge in [-0.3, -0.25) is 39.0 Å². The number of aromatic nitrogens is 3. The molecule has 9 rings (SSSR count). The fourth-order valence-electron chi connectivity index (χ4n) is 9.31. The molecular formula is C50H47ClF3N9O7. The van der Waals surface area contributed by atoms with E-state index in [9.17, 15) is 41.9 Å². The summed E-state index contributed by atoms with van der Waals surface area (Å²) in [6.07, 6.45) is 1.06. The molecule has 1 unspecified atom stereocenters. The van der Waals surface area contributed by atoms with Gasteiger partial charge in [-0.05, 0) is 112 Å². The Morgan fingerprint density at radius 2 is 1.64 bits per heavy atom. The van der Waals surface area contributed by atoms with Crippen molar-refractivity contribution in [1.82, 2.24) is 29.7 Å². The molecule has 0 aliphatic carbocycles. The molecule has 6 heterocycles. The minimum absolute atomic E-state index is 0.0360. The van der Waals surface area contributed by atoms with Gasteiger partial charge in [-0.25, -0.2) is 9.50 Å². The Morgan fingerprint density at radius 3 is 2.39 bits per heavy atom. The van der Waals surface area contributed by atoms with Crippen LogP contribution < -0.4 is 20.9 Å². The Labute approximate surface area is 404 Å². The number of carbonyl (C=O) groups excluding carboxylic acids is 6. The van der Waals surface area contributed by atoms with Crippen LogP contribution >= 0.6 is 11.6 Å². The third kappa shape index (κ3) is 10.2. The van der Waals surface area contributed by atoms with Crippen LogP contribution in [0.25, 0.3) is 5.65 Å². The lowest BCUT2D eigenvalue weighted by Crippen LogP contribution is -2.54. The summed E-state index contributed by atoms with van der Waals surface area (Å²) in [6.45, 7) is 4.72. The van der Waals surface area contributed by atoms with E-state index < -0.39 is 47.3 Å². The molecule has 70 heavy (non-hydrogen) atoms. The van der Waals surface area contributed by atoms with E-state index in [-0.39, 0.29) is 58.4 Å². The number of likely N-dealkylation sites (tertiary alicyclic amines) is 1. The van der Waals surface area contributed by atoms with Gasteiger partial charge < -0.3 is 25.2 Å². The Bertz CT molecular complexity index is 2990. The molecule has 16 nitrogen and oxygen atoms in total. The van der Waals surface area contributed by atoms with E-state index in [2.05, 4.69) is 37.7 Å². The molecule has 20 heteroatoms. The van der Waals surface area contributed by atoms with Gasteiger partial charge in [-0.2, -0.15) is 13.2 Å². The van der Waals surface area contributed by atoms with Crippen LogP contribution in [0.3, 0.4) is 0 Å². The van der Waals surface area contributed by atoms with Gasteiger partial charge in [0.15, 0.2) is 5.65 Å². The number of benzene rings is 3. The van der Waals surface area contributed by atoms with Crippen molar-refractivity contribution in [2.24, 2.45) is 0 Å². The average molecular weight is 978 g/mol. The van der Waals surface area contributed by atoms with Gasteiger partial charge in [0.25, 0.3) is 17.7 Å². The van der Waals surface area contributed by atoms with Gasteiger partial charge in [0.1, 0.15) is 17.6 Å². The molecule has 6 amide bonds. The van der Waals surface area contributed by atoms with Crippen molar-refractivity contribution >= 4 is 69.9 Å². The molecule has 4 aliphatic rings. The van der Waals surface area contributed by atoms with E-state index in [1.54, 1.807) is 54.0 Å². The highest BCUT2D eigenvalue weighted by molar-refractivity contribution is 6.31. The molecule has 0 spiro atoms. The van der Waals surface area contributed by atoms with Crippen LogP contribution in [0.1, 0.15) is 105 Å². The summed E-state index contributed by atoms with van der Waals surface area (Å²) in [5, 5.41) is 12.6. The Morgan fingerprint density at radius 1 is 0.900 bits per heavy atom. The van der Waals surface area contributed by atoms with Gasteiger partial charge in [-0.15, -0.1) is 5.10 Å². The molecule has 362 valence electrons. The molecule has 0 radical (unpaired) electrons. The van der Waals surface area contributed by atoms with Crippen molar-refractivity contribution in [1.29, 1.82) is 0 Å². The van der Waals surface area contributed by atoms with E-state index in [1.165, 1.54) is 6.07 Å². The fraction of sp³-hybridized carbons (Fsp3) is 0.360. The first-order valence-electron chi connectivity index (χ1n) is 23.0. The predicted octanol–water partition coefficient (Wildman–Crippen LogP) is 6.63. The van der Waals surface area contributed by atoms with Crippen molar-refractivity contribution in [3.05, 3.63) is 117 Å². The number of anilines is 3. The van der Waals surface area contributed by atoms with E-state index in [1.807, 2.05) is 17.0 Å². The number of amides is 6. The van der Waals surface area contributed by atoms with Gasteiger partial charge >= 0.3 is 6.18 Å². The average Bonchev–Trinajstić information content (AvgIpc) is 3.86. The number of halogens is 4. The lowest BCUT2D eigenvalue weighted by atomic mass is 10.0. The number of piperidine rings is 3. The van der Waals surface area contributed by atoms with Crippen molar-refractivity contribution in [2.45, 2.75) is 82.7 Å². The van der Waals surface area contributed by atoms with Crippen LogP contribution in [0.15, 0.2) is 72.9 Å². The number of nitrogens with one attached hydrogen (secondary N) is 3. The largest absolute Gasteiger partial charge is 0.416 e. The second-order valence-corrected chi connectivity index (χ2v) is 18.1. The number of fused-ring (bicyclic) bond motifs is 2. The van der Waals surface area contributed by atoms with Crippen molar-refractivity contribution in [3.8, 4) is 11.8 Å². The minimum Gasteiger partial charge on any atom is -0.384 e. The zero-order valence-corrected chi connectivity index (χ0v) is 38.7. The van der Waals surface area contributed by atoms with E-state index in [4.69, 9.17) is 21.4 Å². The van der Waals surface area contributed by atoms with Crippen LogP contribution in [-0.2, 0) is 25.3 Å². The zero-order chi connectivity index (χ0) is 49.3. The number of hydrogen-bond donors (Lipinski definition) is 3. The number of rotatable bonds is 11. The van der Waals surface area contributed by atoms with E-state index >= 15 is 0 Å². The van der Waals surface area contributed by atoms with Gasteiger partial charge in [0, 0.05) is 73.1 Å². The smallest absolute Gasteiger partial charge is 0.384 e. The first-order chi connectivity index (χ1) is 33.6. The maximum atomic E-state index is 13.4. The monoisotopic (exact) mass is 977 g/mol. The summed E-state index contributed by atoms with van der Waals surface area (Å²) in [5.41, 5.74) is 2.21. The second kappa shape index (κ2) is 20.0. The van der Waals surface area contributed by atoms with Gasteiger partial charge in [0.05, 0.1) is 35.1 Å². The minimum atomic E-state index is -4.63. The molecular weight excluding hydrogens is 931 g/mol. The molecule has 0 bridgehead atoms. The topological polar surface area (TPSA) is 188 Å². The van der Waals surface area contributed by atoms with Crippen LogP contribution in [0, 0.1) is 18.8 Å². The molecule has 3 N–H and O–H groups in total. The number of imidazole rings is 1. The Kier molecular flexibility index (Phi) is 13.6. The van der Waals surface area contributed by atoms with Crippen molar-refractivity contribution in [2.75, 3.05) is 48.3 Å². The van der Waals surface area contributed by atoms with Crippen LogP contribution in [0.5, 0.6) is 0 Å². The molecule has 3 fully saturated rings. The lowest BCUT2D eigenvalue weighted by molar-refractivity contribution is -0.138. The van der Waals surface area contributed by atoms with Crippen molar-refractivity contribution < 1.29 is 46.7 Å². The van der Waals surface area contributed by atoms with Crippen molar-refractivity contribution in [3.63, 3.8) is 0 Å². The lowest BCUT2D eigenvalue weighted by Gasteiger charge is -2.37. The van der Waals surface area contributed by atoms with Crippen LogP contribution in [0.4, 0.5) is 30.4 Å². The number of imide groups is 2. The maximum Gasteiger partial charge on any atom is 0.416 e. The molecule has 0 saturated carbocycles. The third-order valence-corrected chi connectivity index (χ3v) is 13.2. The highest BCUT2D eigenvalue weighted by atomic mass is 35.5. The van der Waals surface area contributed by atoms with E-state index in [0.717, 1.165) is 61.6 Å². The summed E-state index contributed by atoms with van der Waals surface area (Å²) in [7, 11) is 0. The van der Waals surface area contributed by atoms with Crippen LogP contribution in [-0.4, -0.2) is 111 Å². The second-order valence-electron chi connectivity index (χ2n) is 17.6. The molecule has 3 aromatic carbocycles. The molecule has 5 aromatic rings. The number of ether oxygens (including phenoxy) is 1. The molecule has 2 aromatic heterocycles. The standard InChI is InChI=1S/C50H47ClF3N9O7/c1-29-30(5-2-6-37(29)46(66)57-33-26-31(50(52,53)54)25-32(51)27-33)10-11-34-28-56-41-13-14-42(59-63(34)41)60-21-16-35(17-22-60)70-36-18-23-61(24-19-36)44(65)9-4-20-55-39-8-3-7-38-45(39)49(69)62(48(38)68)40-12-15-43(64)58-47(40)67/h2-3,5-8,13-14,25-28,35-36,40,55H,4,9,12,15-24H2,1H3,(H,57,66)(H,58,64,67). The summed E-state index contributed by atoms with van der Waals surface area (Å²) >= 11 is 5.91. The number of nitrogens with zero attached hydrogens (tertiary/aromatic N) is 6. The summed E-state index contributed by atoms with van der Waals surface area (Å²) in [4.78, 5) is 86.5. The number of alkyl halides is 3. The first kappa shape index (κ1) is 47.8. The number of carbonyl (C=O) groups is 6. The predicted molar refractivity (Wildman–Crippen MR) is 251 cm³/mol.